The summed E-state index contributed by atoms with van der Waals surface area (Å²) in [7, 11) is -3.76. The van der Waals surface area contributed by atoms with E-state index in [1.165, 1.54) is 50.7 Å². The fourth-order valence-electron chi connectivity index (χ4n) is 7.37. The molecule has 1 amide bonds. The Bertz CT molecular complexity index is 2430. The van der Waals surface area contributed by atoms with Gasteiger partial charge >= 0.3 is 0 Å². The van der Waals surface area contributed by atoms with E-state index in [4.69, 9.17) is 32.9 Å². The van der Waals surface area contributed by atoms with Crippen molar-refractivity contribution in [2.75, 3.05) is 42.3 Å². The van der Waals surface area contributed by atoms with Crippen molar-refractivity contribution in [2.45, 2.75) is 89.5 Å². The van der Waals surface area contributed by atoms with Crippen LogP contribution in [0.25, 0.3) is 10.9 Å². The molecule has 1 fully saturated rings. The Morgan fingerprint density at radius 3 is 2.19 bits per heavy atom. The normalized spacial score (nSPS) is 13.6. The number of anilines is 2. The van der Waals surface area contributed by atoms with E-state index in [0.717, 1.165) is 49.2 Å². The number of nitrogens with one attached hydrogen (secondary N) is 1. The largest absolute Gasteiger partial charge is 0.378 e. The van der Waals surface area contributed by atoms with E-state index in [0.29, 0.717) is 36.2 Å². The number of rotatable bonds is 19. The van der Waals surface area contributed by atoms with Gasteiger partial charge in [-0.3, -0.25) is 9.59 Å². The number of fused-ring (bicyclic) bond motifs is 1. The number of amides is 1. The van der Waals surface area contributed by atoms with Gasteiger partial charge in [-0.25, -0.2) is 13.4 Å². The molecule has 1 aromatic heterocycles. The highest BCUT2D eigenvalue weighted by Gasteiger charge is 2.26. The summed E-state index contributed by atoms with van der Waals surface area (Å²) in [5, 5.41) is 3.14. The number of unbranched alkanes of at least 4 members (excludes halogenated alkanes) is 9. The summed E-state index contributed by atoms with van der Waals surface area (Å²) < 4.78 is 34.3. The quantitative estimate of drug-likeness (QED) is 0.0648. The molecule has 0 saturated carbocycles. The molecule has 0 atom stereocenters. The average Bonchev–Trinajstić information content (AvgIpc) is 3.24. The predicted octanol–water partition coefficient (Wildman–Crippen LogP) is 10.4. The zero-order valence-electron chi connectivity index (χ0n) is 33.9. The van der Waals surface area contributed by atoms with Gasteiger partial charge in [-0.1, -0.05) is 130 Å². The molecule has 13 heteroatoms. The third kappa shape index (κ3) is 11.6. The molecule has 312 valence electrons. The number of carbonyl (C=O) groups is 1. The number of aromatic nitrogens is 2. The van der Waals surface area contributed by atoms with Gasteiger partial charge in [0.15, 0.2) is 21.4 Å². The predicted molar refractivity (Wildman–Crippen MR) is 241 cm³/mol. The number of aryl methyl sites for hydroxylation is 1. The molecule has 5 aromatic rings. The van der Waals surface area contributed by atoms with Crippen molar-refractivity contribution < 1.29 is 17.9 Å². The number of sulfone groups is 1. The fraction of sp³-hybridized carbons (Fsp3) is 0.391. The molecular formula is C46H53Cl2N5O5S. The van der Waals surface area contributed by atoms with E-state index < -0.39 is 21.3 Å². The van der Waals surface area contributed by atoms with Gasteiger partial charge in [0, 0.05) is 25.3 Å². The zero-order valence-corrected chi connectivity index (χ0v) is 36.2. The third-order valence-corrected chi connectivity index (χ3v) is 13.2. The van der Waals surface area contributed by atoms with E-state index in [2.05, 4.69) is 22.1 Å². The van der Waals surface area contributed by atoms with Crippen LogP contribution in [0.5, 0.6) is 0 Å². The van der Waals surface area contributed by atoms with Crippen LogP contribution in [0.3, 0.4) is 0 Å². The Labute approximate surface area is 357 Å². The van der Waals surface area contributed by atoms with Gasteiger partial charge in [-0.2, -0.15) is 4.98 Å². The number of nitrogens with zero attached hydrogens (tertiary/aromatic N) is 4. The summed E-state index contributed by atoms with van der Waals surface area (Å²) >= 11 is 13.4. The van der Waals surface area contributed by atoms with Crippen LogP contribution in [-0.4, -0.2) is 61.6 Å². The van der Waals surface area contributed by atoms with Crippen molar-refractivity contribution in [3.05, 3.63) is 122 Å². The minimum Gasteiger partial charge on any atom is -0.378 e. The number of hydrogen-bond donors (Lipinski definition) is 1. The summed E-state index contributed by atoms with van der Waals surface area (Å²) in [6.45, 7) is 7.18. The van der Waals surface area contributed by atoms with Crippen LogP contribution in [0.15, 0.2) is 99.6 Å². The number of para-hydroxylation sites is 1. The lowest BCUT2D eigenvalue weighted by molar-refractivity contribution is -0.110. The Kier molecular flexibility index (Phi) is 15.8. The van der Waals surface area contributed by atoms with Gasteiger partial charge in [0.25, 0.3) is 11.5 Å². The fourth-order valence-corrected chi connectivity index (χ4v) is 9.62. The van der Waals surface area contributed by atoms with Gasteiger partial charge in [0.2, 0.25) is 0 Å². The van der Waals surface area contributed by atoms with Crippen LogP contribution in [0.4, 0.5) is 17.1 Å². The van der Waals surface area contributed by atoms with E-state index in [9.17, 15) is 18.0 Å². The smallest absolute Gasteiger partial charge is 0.281 e. The Hall–Kier alpha value is -4.55. The molecule has 1 aliphatic rings. The molecule has 10 nitrogen and oxygen atoms in total. The van der Waals surface area contributed by atoms with Gasteiger partial charge < -0.3 is 19.5 Å². The van der Waals surface area contributed by atoms with E-state index in [1.54, 1.807) is 16.7 Å². The molecule has 1 aliphatic heterocycles. The summed E-state index contributed by atoms with van der Waals surface area (Å²) in [5.41, 5.74) is 3.22. The van der Waals surface area contributed by atoms with Crippen molar-refractivity contribution in [1.29, 1.82) is 0 Å². The molecular weight excluding hydrogens is 806 g/mol. The lowest BCUT2D eigenvalue weighted by atomic mass is 10.1. The maximum Gasteiger partial charge on any atom is 0.281 e. The van der Waals surface area contributed by atoms with Gasteiger partial charge in [-0.15, -0.1) is 0 Å². The molecule has 0 bridgehead atoms. The van der Waals surface area contributed by atoms with Crippen LogP contribution >= 0.6 is 23.2 Å². The number of aliphatic imine (C=N–C) groups is 1. The number of benzene rings is 4. The average molecular weight is 859 g/mol. The first-order chi connectivity index (χ1) is 28.6. The number of hydrogen-bond acceptors (Lipinski definition) is 8. The summed E-state index contributed by atoms with van der Waals surface area (Å²) in [4.78, 5) is 39.8. The SMILES string of the molecule is CCCCCCCCCCCCS(=O)(=O)c1cc(Cl)c(NC(=O)/C(=N\c2ccc(N3CCOCC3)cc2C)c2nc(=O)c3ccccc3n2Cc2ccccc2)cc1Cl. The van der Waals surface area contributed by atoms with Crippen molar-refractivity contribution >= 4 is 72.6 Å². The maximum absolute atomic E-state index is 14.6. The molecule has 4 aromatic carbocycles. The minimum atomic E-state index is -3.76. The van der Waals surface area contributed by atoms with Gasteiger partial charge in [0.05, 0.1) is 56.2 Å². The molecule has 0 spiro atoms. The van der Waals surface area contributed by atoms with Crippen molar-refractivity contribution in [1.82, 2.24) is 9.55 Å². The lowest BCUT2D eigenvalue weighted by Crippen LogP contribution is -2.36. The summed E-state index contributed by atoms with van der Waals surface area (Å²) in [6, 6.07) is 25.2. The Morgan fingerprint density at radius 1 is 0.831 bits per heavy atom. The van der Waals surface area contributed by atoms with Crippen LogP contribution < -0.4 is 15.8 Å². The molecule has 1 saturated heterocycles. The second-order valence-corrected chi connectivity index (χ2v) is 18.0. The Balaban J connectivity index is 1.31. The third-order valence-electron chi connectivity index (χ3n) is 10.7. The highest BCUT2D eigenvalue weighted by molar-refractivity contribution is 7.91. The zero-order chi connectivity index (χ0) is 41.8. The van der Waals surface area contributed by atoms with Crippen LogP contribution in [-0.2, 0) is 25.9 Å². The summed E-state index contributed by atoms with van der Waals surface area (Å²) in [6.07, 6.45) is 10.8. The molecule has 1 N–H and O–H groups in total. The van der Waals surface area contributed by atoms with Crippen LogP contribution in [0, 0.1) is 6.92 Å². The molecule has 0 radical (unpaired) electrons. The second-order valence-electron chi connectivity index (χ2n) is 15.1. The van der Waals surface area contributed by atoms with Crippen LogP contribution in [0.2, 0.25) is 10.0 Å². The molecule has 59 heavy (non-hydrogen) atoms. The Morgan fingerprint density at radius 2 is 1.49 bits per heavy atom. The van der Waals surface area contributed by atoms with E-state index >= 15 is 0 Å². The van der Waals surface area contributed by atoms with Gasteiger partial charge in [-0.05, 0) is 66.9 Å². The molecule has 0 aliphatic carbocycles. The number of halogens is 2. The minimum absolute atomic E-state index is 0.0112. The monoisotopic (exact) mass is 857 g/mol. The maximum atomic E-state index is 14.6. The van der Waals surface area contributed by atoms with Crippen molar-refractivity contribution in [3.8, 4) is 0 Å². The highest BCUT2D eigenvalue weighted by atomic mass is 35.5. The standard InChI is InChI=1S/C46H53Cl2N5O5S/c1-3-4-5-6-7-8-9-10-11-17-28-59(56,57)42-31-37(47)40(30-38(42)48)50-46(55)43(49-39-23-22-35(29-33(39)2)52-24-26-58-27-25-52)44-51-45(54)36-20-15-16-21-41(36)53(44)32-34-18-13-12-14-19-34/h12-16,18-23,29-31H,3-11,17,24-28,32H2,1-2H3,(H,50,55)/b49-43-. The molecule has 2 heterocycles. The number of ether oxygens (including phenoxy) is 1. The van der Waals surface area contributed by atoms with E-state index in [-0.39, 0.29) is 44.5 Å². The van der Waals surface area contributed by atoms with Crippen LogP contribution in [0.1, 0.15) is 88.1 Å². The lowest BCUT2D eigenvalue weighted by Gasteiger charge is -2.29. The first-order valence-corrected chi connectivity index (χ1v) is 23.1. The topological polar surface area (TPSA) is 123 Å². The van der Waals surface area contributed by atoms with E-state index in [1.807, 2.05) is 67.6 Å². The van der Waals surface area contributed by atoms with Crippen molar-refractivity contribution in [2.24, 2.45) is 4.99 Å². The first-order valence-electron chi connectivity index (χ1n) is 20.6. The number of morpholine rings is 1. The first kappa shape index (κ1) is 44.0. The van der Waals surface area contributed by atoms with Gasteiger partial charge in [0.1, 0.15) is 0 Å². The molecule has 6 rings (SSSR count). The highest BCUT2D eigenvalue weighted by Crippen LogP contribution is 2.34. The molecule has 0 unspecified atom stereocenters. The number of carbonyl (C=O) groups excluding carboxylic acids is 1. The summed E-state index contributed by atoms with van der Waals surface area (Å²) in [5.74, 6) is -0.729. The van der Waals surface area contributed by atoms with Crippen molar-refractivity contribution in [3.63, 3.8) is 0 Å². The second kappa shape index (κ2) is 21.1.